The highest BCUT2D eigenvalue weighted by atomic mass is 19.4. The molecule has 2 amide bonds. The van der Waals surface area contributed by atoms with Crippen LogP contribution in [0.5, 0.6) is 0 Å². The number of benzene rings is 1. The summed E-state index contributed by atoms with van der Waals surface area (Å²) in [7, 11) is 0. The van der Waals surface area contributed by atoms with E-state index in [2.05, 4.69) is 20.3 Å². The number of nitrogens with zero attached hydrogens (tertiary/aromatic N) is 6. The van der Waals surface area contributed by atoms with Crippen LogP contribution in [0.1, 0.15) is 47.3 Å². The summed E-state index contributed by atoms with van der Waals surface area (Å²) >= 11 is 0. The van der Waals surface area contributed by atoms with E-state index in [1.165, 1.54) is 25.4 Å². The second-order valence-corrected chi connectivity index (χ2v) is 9.48. The van der Waals surface area contributed by atoms with Crippen molar-refractivity contribution >= 4 is 34.5 Å². The summed E-state index contributed by atoms with van der Waals surface area (Å²) in [5.41, 5.74) is 7.62. The topological polar surface area (TPSA) is 152 Å². The van der Waals surface area contributed by atoms with E-state index in [4.69, 9.17) is 10.8 Å². The van der Waals surface area contributed by atoms with Crippen LogP contribution in [-0.2, 0) is 11.0 Å². The molecule has 1 aliphatic rings. The number of halogens is 3. The van der Waals surface area contributed by atoms with Crippen molar-refractivity contribution in [3.63, 3.8) is 0 Å². The summed E-state index contributed by atoms with van der Waals surface area (Å²) in [6.45, 7) is 2.34. The van der Waals surface area contributed by atoms with Gasteiger partial charge in [-0.3, -0.25) is 9.59 Å². The standard InChI is InChI=1S/C26H25F3N8O3/c1-14(38)25(40)36-10-2-3-16(12-36)20-21-22(23(30)33-13-32-21)37(35-20)18-6-4-15(5-7-18)24(39)34-19-11-17(8-9-31-19)26(27,28)29/h4-9,11,13-14,16,38H,2-3,10,12H2,1H3,(H2,30,32,33)(H,31,34,39). The number of aliphatic hydroxyl groups is 1. The molecule has 1 aromatic carbocycles. The van der Waals surface area contributed by atoms with E-state index in [0.29, 0.717) is 35.5 Å². The average Bonchev–Trinajstić information content (AvgIpc) is 3.33. The molecule has 14 heteroatoms. The van der Waals surface area contributed by atoms with Crippen LogP contribution in [0.2, 0.25) is 0 Å². The molecule has 2 unspecified atom stereocenters. The molecule has 208 valence electrons. The number of aromatic nitrogens is 5. The lowest BCUT2D eigenvalue weighted by molar-refractivity contribution is -0.140. The van der Waals surface area contributed by atoms with Crippen molar-refractivity contribution in [1.29, 1.82) is 0 Å². The Morgan fingerprint density at radius 3 is 2.60 bits per heavy atom. The number of pyridine rings is 1. The zero-order valence-electron chi connectivity index (χ0n) is 21.3. The molecule has 0 spiro atoms. The van der Waals surface area contributed by atoms with E-state index in [1.54, 1.807) is 21.7 Å². The number of carbonyl (C=O) groups excluding carboxylic acids is 2. The van der Waals surface area contributed by atoms with Gasteiger partial charge < -0.3 is 21.1 Å². The third-order valence-corrected chi connectivity index (χ3v) is 6.69. The summed E-state index contributed by atoms with van der Waals surface area (Å²) in [5.74, 6) is -1.19. The molecule has 0 aliphatic carbocycles. The molecule has 1 saturated heterocycles. The van der Waals surface area contributed by atoms with Gasteiger partial charge in [-0.05, 0) is 56.2 Å². The van der Waals surface area contributed by atoms with Gasteiger partial charge in [-0.25, -0.2) is 19.6 Å². The first-order valence-electron chi connectivity index (χ1n) is 12.4. The van der Waals surface area contributed by atoms with E-state index in [0.717, 1.165) is 31.2 Å². The number of anilines is 2. The number of rotatable bonds is 5. The Kier molecular flexibility index (Phi) is 7.10. The lowest BCUT2D eigenvalue weighted by Crippen LogP contribution is -2.43. The molecule has 1 aliphatic heterocycles. The predicted molar refractivity (Wildman–Crippen MR) is 139 cm³/mol. The van der Waals surface area contributed by atoms with Gasteiger partial charge in [0.15, 0.2) is 5.82 Å². The number of amides is 2. The molecule has 0 radical (unpaired) electrons. The van der Waals surface area contributed by atoms with Gasteiger partial charge in [0.25, 0.3) is 11.8 Å². The van der Waals surface area contributed by atoms with Crippen LogP contribution in [0.25, 0.3) is 16.7 Å². The SMILES string of the molecule is CC(O)C(=O)N1CCCC(c2nn(-c3ccc(C(=O)Nc4cc(C(F)(F)F)ccn4)cc3)c3c(N)ncnc23)C1. The number of piperidine rings is 1. The highest BCUT2D eigenvalue weighted by Crippen LogP contribution is 2.34. The first-order chi connectivity index (χ1) is 19.0. The number of aliphatic hydroxyl groups excluding tert-OH is 1. The maximum atomic E-state index is 13.0. The molecular weight excluding hydrogens is 529 g/mol. The number of nitrogen functional groups attached to an aromatic ring is 1. The zero-order chi connectivity index (χ0) is 28.6. The van der Waals surface area contributed by atoms with Crippen LogP contribution in [0, 0.1) is 0 Å². The minimum Gasteiger partial charge on any atom is -0.384 e. The highest BCUT2D eigenvalue weighted by molar-refractivity contribution is 6.04. The third-order valence-electron chi connectivity index (χ3n) is 6.69. The van der Waals surface area contributed by atoms with Gasteiger partial charge in [0.05, 0.1) is 16.9 Å². The van der Waals surface area contributed by atoms with E-state index >= 15 is 0 Å². The maximum absolute atomic E-state index is 13.0. The molecule has 3 aromatic heterocycles. The van der Waals surface area contributed by atoms with Gasteiger partial charge in [-0.15, -0.1) is 0 Å². The molecule has 1 fully saturated rings. The van der Waals surface area contributed by atoms with E-state index in [1.807, 2.05) is 0 Å². The van der Waals surface area contributed by atoms with Crippen molar-refractivity contribution in [2.24, 2.45) is 0 Å². The Labute approximate surface area is 225 Å². The fraction of sp³-hybridized carbons (Fsp3) is 0.308. The lowest BCUT2D eigenvalue weighted by atomic mass is 9.94. The van der Waals surface area contributed by atoms with Crippen LogP contribution < -0.4 is 11.1 Å². The Balaban J connectivity index is 1.42. The Morgan fingerprint density at radius 2 is 1.90 bits per heavy atom. The number of fused-ring (bicyclic) bond motifs is 1. The summed E-state index contributed by atoms with van der Waals surface area (Å²) < 4.78 is 40.5. The predicted octanol–water partition coefficient (Wildman–Crippen LogP) is 3.15. The second kappa shape index (κ2) is 10.5. The van der Waals surface area contributed by atoms with Gasteiger partial charge in [0.2, 0.25) is 0 Å². The number of hydrogen-bond acceptors (Lipinski definition) is 8. The van der Waals surface area contributed by atoms with Gasteiger partial charge >= 0.3 is 6.18 Å². The smallest absolute Gasteiger partial charge is 0.384 e. The number of likely N-dealkylation sites (tertiary alicyclic amines) is 1. The number of carbonyl (C=O) groups is 2. The largest absolute Gasteiger partial charge is 0.416 e. The highest BCUT2D eigenvalue weighted by Gasteiger charge is 2.32. The maximum Gasteiger partial charge on any atom is 0.416 e. The molecule has 2 atom stereocenters. The lowest BCUT2D eigenvalue weighted by Gasteiger charge is -2.32. The van der Waals surface area contributed by atoms with Crippen LogP contribution >= 0.6 is 0 Å². The van der Waals surface area contributed by atoms with Crippen LogP contribution in [0.4, 0.5) is 24.8 Å². The Hall–Kier alpha value is -4.59. The van der Waals surface area contributed by atoms with Crippen LogP contribution in [0.3, 0.4) is 0 Å². The molecule has 0 saturated carbocycles. The summed E-state index contributed by atoms with van der Waals surface area (Å²) in [5, 5.41) is 16.9. The molecule has 5 rings (SSSR count). The normalized spacial score (nSPS) is 16.6. The average molecular weight is 555 g/mol. The first kappa shape index (κ1) is 27.0. The molecule has 11 nitrogen and oxygen atoms in total. The van der Waals surface area contributed by atoms with Gasteiger partial charge in [0, 0.05) is 30.8 Å². The fourth-order valence-corrected chi connectivity index (χ4v) is 4.74. The van der Waals surface area contributed by atoms with E-state index in [-0.39, 0.29) is 29.0 Å². The summed E-state index contributed by atoms with van der Waals surface area (Å²) in [6, 6.07) is 7.79. The van der Waals surface area contributed by atoms with Crippen molar-refractivity contribution in [3.8, 4) is 5.69 Å². The minimum absolute atomic E-state index is 0.153. The number of nitrogens with one attached hydrogen (secondary N) is 1. The molecule has 4 N–H and O–H groups in total. The molecule has 40 heavy (non-hydrogen) atoms. The van der Waals surface area contributed by atoms with Crippen molar-refractivity contribution in [2.75, 3.05) is 24.1 Å². The minimum atomic E-state index is -4.57. The number of hydrogen-bond donors (Lipinski definition) is 3. The Bertz CT molecular complexity index is 1570. The van der Waals surface area contributed by atoms with E-state index in [9.17, 15) is 27.9 Å². The zero-order valence-corrected chi connectivity index (χ0v) is 21.3. The second-order valence-electron chi connectivity index (χ2n) is 9.48. The quantitative estimate of drug-likeness (QED) is 0.340. The Morgan fingerprint density at radius 1 is 1.15 bits per heavy atom. The number of alkyl halides is 3. The van der Waals surface area contributed by atoms with Gasteiger partial charge in [0.1, 0.15) is 29.3 Å². The van der Waals surface area contributed by atoms with Crippen molar-refractivity contribution < 1.29 is 27.9 Å². The molecule has 4 aromatic rings. The van der Waals surface area contributed by atoms with Gasteiger partial charge in [-0.2, -0.15) is 18.3 Å². The summed E-state index contributed by atoms with van der Waals surface area (Å²) in [6.07, 6.45) is -1.88. The van der Waals surface area contributed by atoms with Gasteiger partial charge in [-0.1, -0.05) is 0 Å². The van der Waals surface area contributed by atoms with Crippen LogP contribution in [-0.4, -0.2) is 65.7 Å². The third kappa shape index (κ3) is 5.30. The number of nitrogens with two attached hydrogens (primary N) is 1. The monoisotopic (exact) mass is 554 g/mol. The van der Waals surface area contributed by atoms with Crippen molar-refractivity contribution in [3.05, 3.63) is 65.7 Å². The molecule has 0 bridgehead atoms. The molecule has 4 heterocycles. The van der Waals surface area contributed by atoms with Crippen molar-refractivity contribution in [2.45, 2.75) is 38.0 Å². The molecular formula is C26H25F3N8O3. The summed E-state index contributed by atoms with van der Waals surface area (Å²) in [4.78, 5) is 39.0. The van der Waals surface area contributed by atoms with Crippen molar-refractivity contribution in [1.82, 2.24) is 29.6 Å². The van der Waals surface area contributed by atoms with Crippen LogP contribution in [0.15, 0.2) is 48.9 Å². The van der Waals surface area contributed by atoms with E-state index < -0.39 is 23.8 Å². The first-order valence-corrected chi connectivity index (χ1v) is 12.4. The fourth-order valence-electron chi connectivity index (χ4n) is 4.74.